The Labute approximate surface area is 177 Å². The van der Waals surface area contributed by atoms with E-state index in [2.05, 4.69) is 25.5 Å². The second-order valence-electron chi connectivity index (χ2n) is 7.52. The summed E-state index contributed by atoms with van der Waals surface area (Å²) in [6.45, 7) is 5.28. The molecule has 154 valence electrons. The molecule has 0 aromatic carbocycles. The van der Waals surface area contributed by atoms with Gasteiger partial charge in [0.2, 0.25) is 0 Å². The van der Waals surface area contributed by atoms with Crippen LogP contribution in [0.2, 0.25) is 5.02 Å². The van der Waals surface area contributed by atoms with Gasteiger partial charge in [0.1, 0.15) is 11.4 Å². The van der Waals surface area contributed by atoms with E-state index in [1.54, 1.807) is 46.4 Å². The average molecular weight is 426 g/mol. The van der Waals surface area contributed by atoms with Gasteiger partial charge in [-0.1, -0.05) is 11.6 Å². The van der Waals surface area contributed by atoms with Crippen LogP contribution in [0.4, 0.5) is 5.82 Å². The molecule has 4 rings (SSSR count). The van der Waals surface area contributed by atoms with E-state index in [9.17, 15) is 9.90 Å². The maximum absolute atomic E-state index is 12.1. The Balaban J connectivity index is 1.59. The highest BCUT2D eigenvalue weighted by atomic mass is 35.5. The highest BCUT2D eigenvalue weighted by Crippen LogP contribution is 2.22. The van der Waals surface area contributed by atoms with E-state index in [4.69, 9.17) is 11.6 Å². The number of rotatable bonds is 5. The van der Waals surface area contributed by atoms with Gasteiger partial charge in [-0.3, -0.25) is 9.48 Å². The van der Waals surface area contributed by atoms with Gasteiger partial charge in [0.05, 0.1) is 34.9 Å². The molecule has 9 nitrogen and oxygen atoms in total. The van der Waals surface area contributed by atoms with Crippen molar-refractivity contribution >= 4 is 34.2 Å². The summed E-state index contributed by atoms with van der Waals surface area (Å²) in [5, 5.41) is 22.5. The standard InChI is InChI=1S/C20H20ClN7O2/c1-12-6-13(7-23-18(12)28-10-14(21)8-24-28)9-27-11-15-16(26-27)4-5-22-17(15)25-19(29)20(2,3)30/h4-8,10-11,30H,9H2,1-3H3,(H,22,25,29). The number of carbonyl (C=O) groups excluding carboxylic acids is 1. The monoisotopic (exact) mass is 425 g/mol. The second kappa shape index (κ2) is 7.51. The Bertz CT molecular complexity index is 1240. The number of aromatic nitrogens is 6. The van der Waals surface area contributed by atoms with E-state index in [1.807, 2.05) is 13.0 Å². The highest BCUT2D eigenvalue weighted by Gasteiger charge is 2.25. The van der Waals surface area contributed by atoms with E-state index in [0.717, 1.165) is 11.1 Å². The minimum Gasteiger partial charge on any atom is -0.381 e. The normalized spacial score (nSPS) is 11.8. The highest BCUT2D eigenvalue weighted by molar-refractivity contribution is 6.30. The van der Waals surface area contributed by atoms with Crippen LogP contribution in [0.25, 0.3) is 16.7 Å². The average Bonchev–Trinajstić information content (AvgIpc) is 3.27. The first-order valence-corrected chi connectivity index (χ1v) is 9.60. The SMILES string of the molecule is Cc1cc(Cn2cc3c(NC(=O)C(C)(C)O)nccc3n2)cnc1-n1cc(Cl)cn1. The Morgan fingerprint density at radius 1 is 1.27 bits per heavy atom. The molecule has 4 heterocycles. The molecular formula is C20H20ClN7O2. The number of nitrogens with zero attached hydrogens (tertiary/aromatic N) is 6. The number of hydrogen-bond donors (Lipinski definition) is 2. The molecule has 2 N–H and O–H groups in total. The Morgan fingerprint density at radius 2 is 2.07 bits per heavy atom. The van der Waals surface area contributed by atoms with Crippen molar-refractivity contribution in [3.05, 3.63) is 59.3 Å². The summed E-state index contributed by atoms with van der Waals surface area (Å²) in [4.78, 5) is 20.8. The predicted molar refractivity (Wildman–Crippen MR) is 113 cm³/mol. The molecule has 0 bridgehead atoms. The molecule has 4 aromatic heterocycles. The predicted octanol–water partition coefficient (Wildman–Crippen LogP) is 2.73. The Kier molecular flexibility index (Phi) is 5.00. The zero-order valence-electron chi connectivity index (χ0n) is 16.7. The van der Waals surface area contributed by atoms with Gasteiger partial charge < -0.3 is 10.4 Å². The molecule has 0 fully saturated rings. The summed E-state index contributed by atoms with van der Waals surface area (Å²) in [6, 6.07) is 3.78. The number of carbonyl (C=O) groups is 1. The van der Waals surface area contributed by atoms with Crippen molar-refractivity contribution in [3.63, 3.8) is 0 Å². The van der Waals surface area contributed by atoms with Crippen LogP contribution in [-0.4, -0.2) is 46.1 Å². The van der Waals surface area contributed by atoms with Crippen LogP contribution < -0.4 is 5.32 Å². The third-order valence-corrected chi connectivity index (χ3v) is 4.68. The zero-order valence-corrected chi connectivity index (χ0v) is 17.4. The van der Waals surface area contributed by atoms with Crippen molar-refractivity contribution in [2.45, 2.75) is 32.9 Å². The smallest absolute Gasteiger partial charge is 0.256 e. The molecule has 30 heavy (non-hydrogen) atoms. The van der Waals surface area contributed by atoms with E-state index in [-0.39, 0.29) is 0 Å². The topological polar surface area (TPSA) is 111 Å². The van der Waals surface area contributed by atoms with Gasteiger partial charge in [0, 0.05) is 18.6 Å². The summed E-state index contributed by atoms with van der Waals surface area (Å²) in [6.07, 6.45) is 8.40. The molecule has 0 aliphatic carbocycles. The largest absolute Gasteiger partial charge is 0.381 e. The van der Waals surface area contributed by atoms with Crippen molar-refractivity contribution in [3.8, 4) is 5.82 Å². The molecule has 0 aliphatic heterocycles. The van der Waals surface area contributed by atoms with Gasteiger partial charge in [-0.2, -0.15) is 10.2 Å². The van der Waals surface area contributed by atoms with Crippen molar-refractivity contribution < 1.29 is 9.90 Å². The Morgan fingerprint density at radius 3 is 2.73 bits per heavy atom. The van der Waals surface area contributed by atoms with Crippen LogP contribution in [0.5, 0.6) is 0 Å². The number of fused-ring (bicyclic) bond motifs is 1. The minimum atomic E-state index is -1.51. The molecule has 0 unspecified atom stereocenters. The van der Waals surface area contributed by atoms with E-state index < -0.39 is 11.5 Å². The first-order chi connectivity index (χ1) is 14.2. The third kappa shape index (κ3) is 4.03. The molecule has 0 spiro atoms. The molecule has 0 saturated heterocycles. The lowest BCUT2D eigenvalue weighted by Crippen LogP contribution is -2.36. The number of aliphatic hydroxyl groups is 1. The first kappa shape index (κ1) is 20.0. The number of hydrogen-bond acceptors (Lipinski definition) is 6. The zero-order chi connectivity index (χ0) is 21.5. The lowest BCUT2D eigenvalue weighted by Gasteiger charge is -2.16. The molecule has 1 amide bonds. The van der Waals surface area contributed by atoms with Gasteiger partial charge in [-0.25, -0.2) is 14.6 Å². The fourth-order valence-corrected chi connectivity index (χ4v) is 3.13. The van der Waals surface area contributed by atoms with Crippen LogP contribution in [-0.2, 0) is 11.3 Å². The van der Waals surface area contributed by atoms with Crippen LogP contribution in [0.1, 0.15) is 25.0 Å². The molecule has 0 radical (unpaired) electrons. The van der Waals surface area contributed by atoms with Gasteiger partial charge in [-0.05, 0) is 44.0 Å². The lowest BCUT2D eigenvalue weighted by atomic mass is 10.1. The number of halogens is 1. The number of pyridine rings is 2. The lowest BCUT2D eigenvalue weighted by molar-refractivity contribution is -0.130. The molecule has 0 aliphatic rings. The molecule has 10 heteroatoms. The summed E-state index contributed by atoms with van der Waals surface area (Å²) in [5.74, 6) is 0.521. The fourth-order valence-electron chi connectivity index (χ4n) is 2.99. The van der Waals surface area contributed by atoms with Crippen LogP contribution in [0.15, 0.2) is 43.1 Å². The molecule has 4 aromatic rings. The van der Waals surface area contributed by atoms with Gasteiger partial charge in [0.15, 0.2) is 5.82 Å². The van der Waals surface area contributed by atoms with Crippen molar-refractivity contribution in [1.29, 1.82) is 0 Å². The quantitative estimate of drug-likeness (QED) is 0.508. The second-order valence-corrected chi connectivity index (χ2v) is 7.96. The maximum Gasteiger partial charge on any atom is 0.256 e. The molecule has 0 saturated carbocycles. The van der Waals surface area contributed by atoms with Crippen LogP contribution in [0, 0.1) is 6.92 Å². The number of amides is 1. The summed E-state index contributed by atoms with van der Waals surface area (Å²) in [7, 11) is 0. The van der Waals surface area contributed by atoms with E-state index in [1.165, 1.54) is 13.8 Å². The summed E-state index contributed by atoms with van der Waals surface area (Å²) < 4.78 is 3.39. The first-order valence-electron chi connectivity index (χ1n) is 9.23. The van der Waals surface area contributed by atoms with Gasteiger partial charge in [0.25, 0.3) is 5.91 Å². The van der Waals surface area contributed by atoms with Crippen molar-refractivity contribution in [2.24, 2.45) is 0 Å². The van der Waals surface area contributed by atoms with Gasteiger partial charge >= 0.3 is 0 Å². The third-order valence-electron chi connectivity index (χ3n) is 4.49. The van der Waals surface area contributed by atoms with E-state index >= 15 is 0 Å². The van der Waals surface area contributed by atoms with Crippen LogP contribution >= 0.6 is 11.6 Å². The Hall–Kier alpha value is -3.30. The summed E-state index contributed by atoms with van der Waals surface area (Å²) in [5.41, 5.74) is 1.08. The summed E-state index contributed by atoms with van der Waals surface area (Å²) >= 11 is 5.94. The van der Waals surface area contributed by atoms with Crippen molar-refractivity contribution in [2.75, 3.05) is 5.32 Å². The molecular weight excluding hydrogens is 406 g/mol. The fraction of sp³-hybridized carbons (Fsp3) is 0.250. The van der Waals surface area contributed by atoms with E-state index in [0.29, 0.717) is 34.1 Å². The number of anilines is 1. The number of aryl methyl sites for hydroxylation is 1. The molecule has 0 atom stereocenters. The minimum absolute atomic E-state index is 0.353. The van der Waals surface area contributed by atoms with Crippen LogP contribution in [0.3, 0.4) is 0 Å². The number of nitrogens with one attached hydrogen (secondary N) is 1. The maximum atomic E-state index is 12.1. The van der Waals surface area contributed by atoms with Crippen molar-refractivity contribution in [1.82, 2.24) is 29.5 Å². The van der Waals surface area contributed by atoms with Gasteiger partial charge in [-0.15, -0.1) is 0 Å².